The Hall–Kier alpha value is -2.40. The van der Waals surface area contributed by atoms with Gasteiger partial charge in [-0.15, -0.1) is 0 Å². The summed E-state index contributed by atoms with van der Waals surface area (Å²) in [5.74, 6) is 1.67. The lowest BCUT2D eigenvalue weighted by Crippen LogP contribution is -2.37. The van der Waals surface area contributed by atoms with E-state index in [1.54, 1.807) is 25.1 Å². The second kappa shape index (κ2) is 7.01. The molecule has 126 valence electrons. The van der Waals surface area contributed by atoms with Gasteiger partial charge in [-0.25, -0.2) is 0 Å². The highest BCUT2D eigenvalue weighted by atomic mass is 35.5. The highest BCUT2D eigenvalue weighted by Gasteiger charge is 2.20. The van der Waals surface area contributed by atoms with Gasteiger partial charge in [0, 0.05) is 0 Å². The van der Waals surface area contributed by atoms with E-state index in [-0.39, 0.29) is 18.7 Å². The first kappa shape index (κ1) is 16.5. The van der Waals surface area contributed by atoms with Crippen LogP contribution in [0.1, 0.15) is 25.5 Å². The molecule has 0 aliphatic carbocycles. The number of para-hydroxylation sites is 1. The summed E-state index contributed by atoms with van der Waals surface area (Å²) in [6, 6.07) is 12.5. The van der Waals surface area contributed by atoms with Crippen LogP contribution in [-0.4, -0.2) is 18.8 Å². The predicted molar refractivity (Wildman–Crippen MR) is 90.7 cm³/mol. The van der Waals surface area contributed by atoms with Crippen LogP contribution in [0.3, 0.4) is 0 Å². The highest BCUT2D eigenvalue weighted by molar-refractivity contribution is 6.32. The molecule has 2 atom stereocenters. The van der Waals surface area contributed by atoms with Crippen molar-refractivity contribution < 1.29 is 19.0 Å². The first-order chi connectivity index (χ1) is 11.5. The standard InChI is InChI=1S/C18H18ClNO4/c1-11(13-7-8-16-17(9-13)23-10-22-16)20-18(21)12(2)24-15-6-4-3-5-14(15)19/h3-9,11-12H,10H2,1-2H3,(H,20,21). The van der Waals surface area contributed by atoms with Crippen molar-refractivity contribution in [1.82, 2.24) is 5.32 Å². The van der Waals surface area contributed by atoms with Gasteiger partial charge in [0.2, 0.25) is 6.79 Å². The van der Waals surface area contributed by atoms with Gasteiger partial charge in [-0.3, -0.25) is 4.79 Å². The average molecular weight is 348 g/mol. The predicted octanol–water partition coefficient (Wildman–Crippen LogP) is 3.71. The molecule has 0 spiro atoms. The maximum absolute atomic E-state index is 12.3. The monoisotopic (exact) mass is 347 g/mol. The molecule has 3 rings (SSSR count). The van der Waals surface area contributed by atoms with Crippen molar-refractivity contribution in [3.05, 3.63) is 53.1 Å². The van der Waals surface area contributed by atoms with Gasteiger partial charge in [-0.2, -0.15) is 0 Å². The van der Waals surface area contributed by atoms with Crippen LogP contribution in [0.4, 0.5) is 0 Å². The molecule has 1 aliphatic heterocycles. The summed E-state index contributed by atoms with van der Waals surface area (Å²) < 4.78 is 16.3. The zero-order valence-electron chi connectivity index (χ0n) is 13.4. The maximum Gasteiger partial charge on any atom is 0.261 e. The normalized spacial score (nSPS) is 14.8. The highest BCUT2D eigenvalue weighted by Crippen LogP contribution is 2.34. The number of fused-ring (bicyclic) bond motifs is 1. The van der Waals surface area contributed by atoms with Gasteiger partial charge in [0.25, 0.3) is 5.91 Å². The van der Waals surface area contributed by atoms with Gasteiger partial charge in [-0.1, -0.05) is 29.8 Å². The van der Waals surface area contributed by atoms with Crippen LogP contribution >= 0.6 is 11.6 Å². The summed E-state index contributed by atoms with van der Waals surface area (Å²) in [5, 5.41) is 3.40. The Kier molecular flexibility index (Phi) is 4.81. The smallest absolute Gasteiger partial charge is 0.261 e. The zero-order chi connectivity index (χ0) is 17.1. The second-order valence-corrected chi connectivity index (χ2v) is 5.94. The average Bonchev–Trinajstić information content (AvgIpc) is 3.04. The molecule has 0 saturated carbocycles. The molecule has 0 bridgehead atoms. The number of rotatable bonds is 5. The number of halogens is 1. The fraction of sp³-hybridized carbons (Fsp3) is 0.278. The van der Waals surface area contributed by atoms with E-state index in [1.807, 2.05) is 31.2 Å². The lowest BCUT2D eigenvalue weighted by molar-refractivity contribution is -0.127. The molecular weight excluding hydrogens is 330 g/mol. The van der Waals surface area contributed by atoms with E-state index in [1.165, 1.54) is 0 Å². The van der Waals surface area contributed by atoms with E-state index in [0.29, 0.717) is 22.3 Å². The maximum atomic E-state index is 12.3. The van der Waals surface area contributed by atoms with Gasteiger partial charge in [-0.05, 0) is 43.7 Å². The molecule has 2 aromatic carbocycles. The van der Waals surface area contributed by atoms with Crippen LogP contribution in [0.25, 0.3) is 0 Å². The molecule has 1 amide bonds. The summed E-state index contributed by atoms with van der Waals surface area (Å²) in [5.41, 5.74) is 0.928. The van der Waals surface area contributed by atoms with Crippen molar-refractivity contribution >= 4 is 17.5 Å². The summed E-state index contributed by atoms with van der Waals surface area (Å²) in [4.78, 5) is 12.3. The van der Waals surface area contributed by atoms with E-state index in [2.05, 4.69) is 5.32 Å². The first-order valence-corrected chi connectivity index (χ1v) is 8.03. The van der Waals surface area contributed by atoms with Crippen molar-refractivity contribution in [2.24, 2.45) is 0 Å². The third kappa shape index (κ3) is 3.57. The summed E-state index contributed by atoms with van der Waals surface area (Å²) in [6.45, 7) is 3.81. The van der Waals surface area contributed by atoms with Crippen LogP contribution in [0.5, 0.6) is 17.2 Å². The Morgan fingerprint density at radius 2 is 1.92 bits per heavy atom. The molecule has 2 unspecified atom stereocenters. The van der Waals surface area contributed by atoms with E-state index in [9.17, 15) is 4.79 Å². The van der Waals surface area contributed by atoms with Gasteiger partial charge < -0.3 is 19.5 Å². The number of carbonyl (C=O) groups is 1. The van der Waals surface area contributed by atoms with E-state index < -0.39 is 6.10 Å². The SMILES string of the molecule is CC(Oc1ccccc1Cl)C(=O)NC(C)c1ccc2c(c1)OCO2. The summed E-state index contributed by atoms with van der Waals surface area (Å²) >= 11 is 6.05. The van der Waals surface area contributed by atoms with Gasteiger partial charge in [0.15, 0.2) is 17.6 Å². The van der Waals surface area contributed by atoms with Gasteiger partial charge in [0.1, 0.15) is 5.75 Å². The molecule has 0 fully saturated rings. The fourth-order valence-corrected chi connectivity index (χ4v) is 2.56. The van der Waals surface area contributed by atoms with Crippen molar-refractivity contribution in [2.45, 2.75) is 26.0 Å². The lowest BCUT2D eigenvalue weighted by atomic mass is 10.1. The Labute approximate surface area is 145 Å². The zero-order valence-corrected chi connectivity index (χ0v) is 14.2. The molecule has 1 aliphatic rings. The van der Waals surface area contributed by atoms with Gasteiger partial charge in [0.05, 0.1) is 11.1 Å². The van der Waals surface area contributed by atoms with E-state index in [4.69, 9.17) is 25.8 Å². The van der Waals surface area contributed by atoms with Crippen molar-refractivity contribution in [3.8, 4) is 17.2 Å². The number of nitrogens with one attached hydrogen (secondary N) is 1. The Morgan fingerprint density at radius 1 is 1.17 bits per heavy atom. The van der Waals surface area contributed by atoms with Gasteiger partial charge >= 0.3 is 0 Å². The minimum Gasteiger partial charge on any atom is -0.479 e. The topological polar surface area (TPSA) is 56.8 Å². The van der Waals surface area contributed by atoms with Crippen molar-refractivity contribution in [1.29, 1.82) is 0 Å². The fourth-order valence-electron chi connectivity index (χ4n) is 2.38. The van der Waals surface area contributed by atoms with Crippen molar-refractivity contribution in [2.75, 3.05) is 6.79 Å². The molecule has 5 nitrogen and oxygen atoms in total. The molecule has 0 radical (unpaired) electrons. The molecule has 6 heteroatoms. The summed E-state index contributed by atoms with van der Waals surface area (Å²) in [6.07, 6.45) is -0.665. The quantitative estimate of drug-likeness (QED) is 0.895. The molecule has 0 aromatic heterocycles. The number of ether oxygens (including phenoxy) is 3. The number of carbonyl (C=O) groups excluding carboxylic acids is 1. The number of amides is 1. The Balaban J connectivity index is 1.62. The van der Waals surface area contributed by atoms with E-state index >= 15 is 0 Å². The minimum atomic E-state index is -0.665. The Morgan fingerprint density at radius 3 is 2.71 bits per heavy atom. The minimum absolute atomic E-state index is 0.190. The first-order valence-electron chi connectivity index (χ1n) is 7.65. The van der Waals surface area contributed by atoms with E-state index in [0.717, 1.165) is 5.56 Å². The third-order valence-corrected chi connectivity index (χ3v) is 4.08. The second-order valence-electron chi connectivity index (χ2n) is 5.53. The molecule has 2 aromatic rings. The lowest BCUT2D eigenvalue weighted by Gasteiger charge is -2.19. The number of hydrogen-bond acceptors (Lipinski definition) is 4. The van der Waals surface area contributed by atoms with Crippen LogP contribution < -0.4 is 19.5 Å². The van der Waals surface area contributed by atoms with Crippen molar-refractivity contribution in [3.63, 3.8) is 0 Å². The Bertz CT molecular complexity index is 750. The molecular formula is C18H18ClNO4. The molecule has 24 heavy (non-hydrogen) atoms. The van der Waals surface area contributed by atoms with Crippen LogP contribution in [0.2, 0.25) is 5.02 Å². The van der Waals surface area contributed by atoms with Crippen LogP contribution in [0.15, 0.2) is 42.5 Å². The summed E-state index contributed by atoms with van der Waals surface area (Å²) in [7, 11) is 0. The third-order valence-electron chi connectivity index (χ3n) is 3.77. The molecule has 1 heterocycles. The van der Waals surface area contributed by atoms with Crippen LogP contribution in [0, 0.1) is 0 Å². The molecule has 1 N–H and O–H groups in total. The molecule has 0 saturated heterocycles. The largest absolute Gasteiger partial charge is 0.479 e. The number of hydrogen-bond donors (Lipinski definition) is 1. The number of benzene rings is 2. The van der Waals surface area contributed by atoms with Crippen LogP contribution in [-0.2, 0) is 4.79 Å².